The molecule has 4 nitrogen and oxygen atoms in total. The molecule has 4 rings (SSSR count). The van der Waals surface area contributed by atoms with Crippen molar-refractivity contribution >= 4 is 28.1 Å². The van der Waals surface area contributed by atoms with Gasteiger partial charge in [-0.3, -0.25) is 4.79 Å². The Morgan fingerprint density at radius 3 is 2.68 bits per heavy atom. The molecular weight excluding hydrogens is 332 g/mol. The highest BCUT2D eigenvalue weighted by Gasteiger charge is 2.36. The van der Waals surface area contributed by atoms with Crippen LogP contribution in [0.1, 0.15) is 39.8 Å². The molecule has 0 aliphatic heterocycles. The van der Waals surface area contributed by atoms with Gasteiger partial charge in [-0.05, 0) is 48.8 Å². The summed E-state index contributed by atoms with van der Waals surface area (Å²) in [4.78, 5) is 14.3. The summed E-state index contributed by atoms with van der Waals surface area (Å²) >= 11 is 1.66. The van der Waals surface area contributed by atoms with E-state index in [0.717, 1.165) is 34.2 Å². The number of benzene rings is 1. The maximum absolute atomic E-state index is 13.1. The van der Waals surface area contributed by atoms with Crippen molar-refractivity contribution in [3.05, 3.63) is 57.9 Å². The zero-order valence-electron chi connectivity index (χ0n) is 14.4. The standard InChI is InChI=1S/C20H22N2O2S/c1-12-15-6-3-4-7-16(15)22(2)19(12)20(24)21-18(13-10-14(23)11-13)17-8-5-9-25-17/h3-9,13-14,18,23H,10-11H2,1-2H3,(H,21,24)/t13?,14?,18-/m0/s1. The van der Waals surface area contributed by atoms with Gasteiger partial charge in [-0.15, -0.1) is 11.3 Å². The van der Waals surface area contributed by atoms with Crippen molar-refractivity contribution in [3.8, 4) is 0 Å². The van der Waals surface area contributed by atoms with E-state index in [2.05, 4.69) is 17.4 Å². The Bertz CT molecular complexity index is 868. The first-order valence-corrected chi connectivity index (χ1v) is 9.50. The van der Waals surface area contributed by atoms with Crippen LogP contribution in [0.3, 0.4) is 0 Å². The number of aromatic nitrogens is 1. The van der Waals surface area contributed by atoms with E-state index < -0.39 is 0 Å². The van der Waals surface area contributed by atoms with E-state index in [1.54, 1.807) is 11.3 Å². The van der Waals surface area contributed by atoms with Gasteiger partial charge < -0.3 is 15.0 Å². The van der Waals surface area contributed by atoms with Crippen molar-refractivity contribution < 1.29 is 9.90 Å². The van der Waals surface area contributed by atoms with Crippen LogP contribution in [0.15, 0.2) is 41.8 Å². The van der Waals surface area contributed by atoms with Crippen LogP contribution >= 0.6 is 11.3 Å². The normalized spacial score (nSPS) is 21.1. The minimum atomic E-state index is -0.233. The minimum absolute atomic E-state index is 0.0340. The number of nitrogens with one attached hydrogen (secondary N) is 1. The van der Waals surface area contributed by atoms with E-state index in [1.165, 1.54) is 0 Å². The topological polar surface area (TPSA) is 54.3 Å². The number of para-hydroxylation sites is 1. The molecule has 1 saturated carbocycles. The van der Waals surface area contributed by atoms with Crippen molar-refractivity contribution in [2.24, 2.45) is 13.0 Å². The molecule has 1 atom stereocenters. The molecule has 0 radical (unpaired) electrons. The second-order valence-corrected chi connectivity index (χ2v) is 7.88. The first-order valence-electron chi connectivity index (χ1n) is 8.62. The number of hydrogen-bond acceptors (Lipinski definition) is 3. The Kier molecular flexibility index (Phi) is 4.13. The largest absolute Gasteiger partial charge is 0.393 e. The zero-order valence-corrected chi connectivity index (χ0v) is 15.2. The van der Waals surface area contributed by atoms with Gasteiger partial charge >= 0.3 is 0 Å². The summed E-state index contributed by atoms with van der Waals surface area (Å²) in [6, 6.07) is 12.1. The van der Waals surface area contributed by atoms with Crippen LogP contribution in [0, 0.1) is 12.8 Å². The van der Waals surface area contributed by atoms with Crippen molar-refractivity contribution in [1.82, 2.24) is 9.88 Å². The molecular formula is C20H22N2O2S. The Hall–Kier alpha value is -2.11. The Labute approximate surface area is 151 Å². The number of hydrogen-bond donors (Lipinski definition) is 2. The lowest BCUT2D eigenvalue weighted by Gasteiger charge is -2.37. The lowest BCUT2D eigenvalue weighted by atomic mass is 9.76. The van der Waals surface area contributed by atoms with Gasteiger partial charge in [-0.25, -0.2) is 0 Å². The number of aliphatic hydroxyl groups excluding tert-OH is 1. The van der Waals surface area contributed by atoms with Crippen LogP contribution in [-0.2, 0) is 7.05 Å². The van der Waals surface area contributed by atoms with Crippen molar-refractivity contribution in [1.29, 1.82) is 0 Å². The molecule has 2 N–H and O–H groups in total. The molecule has 1 aliphatic carbocycles. The van der Waals surface area contributed by atoms with E-state index in [-0.39, 0.29) is 18.1 Å². The van der Waals surface area contributed by atoms with Crippen molar-refractivity contribution in [2.75, 3.05) is 0 Å². The van der Waals surface area contributed by atoms with E-state index in [4.69, 9.17) is 0 Å². The van der Waals surface area contributed by atoms with Gasteiger partial charge in [0.2, 0.25) is 0 Å². The molecule has 25 heavy (non-hydrogen) atoms. The summed E-state index contributed by atoms with van der Waals surface area (Å²) in [5.74, 6) is 0.253. The third-order valence-corrected chi connectivity index (χ3v) is 6.29. The number of carbonyl (C=O) groups excluding carboxylic acids is 1. The molecule has 2 heterocycles. The third-order valence-electron chi connectivity index (χ3n) is 5.33. The molecule has 0 bridgehead atoms. The first kappa shape index (κ1) is 16.4. The molecule has 0 spiro atoms. The molecule has 0 unspecified atom stereocenters. The lowest BCUT2D eigenvalue weighted by molar-refractivity contribution is 0.0240. The fourth-order valence-corrected chi connectivity index (χ4v) is 4.78. The summed E-state index contributed by atoms with van der Waals surface area (Å²) in [5.41, 5.74) is 2.79. The summed E-state index contributed by atoms with van der Waals surface area (Å²) in [5, 5.41) is 16.1. The van der Waals surface area contributed by atoms with Gasteiger partial charge in [0.1, 0.15) is 5.69 Å². The van der Waals surface area contributed by atoms with Gasteiger partial charge in [-0.2, -0.15) is 0 Å². The summed E-state index contributed by atoms with van der Waals surface area (Å²) in [6.07, 6.45) is 1.26. The average Bonchev–Trinajstić information content (AvgIpc) is 3.18. The zero-order chi connectivity index (χ0) is 17.6. The van der Waals surface area contributed by atoms with Gasteiger partial charge in [0.15, 0.2) is 0 Å². The summed E-state index contributed by atoms with van der Waals surface area (Å²) in [7, 11) is 1.94. The maximum Gasteiger partial charge on any atom is 0.268 e. The predicted molar refractivity (Wildman–Crippen MR) is 101 cm³/mol. The van der Waals surface area contributed by atoms with Gasteiger partial charge in [0, 0.05) is 22.8 Å². The predicted octanol–water partition coefficient (Wildman–Crippen LogP) is 3.79. The molecule has 130 valence electrons. The van der Waals surface area contributed by atoms with Crippen LogP contribution in [0.25, 0.3) is 10.9 Å². The van der Waals surface area contributed by atoms with Crippen molar-refractivity contribution in [3.63, 3.8) is 0 Å². The van der Waals surface area contributed by atoms with Gasteiger partial charge in [-0.1, -0.05) is 24.3 Å². The molecule has 5 heteroatoms. The molecule has 1 fully saturated rings. The van der Waals surface area contributed by atoms with Crippen LogP contribution in [-0.4, -0.2) is 21.7 Å². The highest BCUT2D eigenvalue weighted by Crippen LogP contribution is 2.40. The number of thiophene rings is 1. The van der Waals surface area contributed by atoms with Crippen LogP contribution < -0.4 is 5.32 Å². The van der Waals surface area contributed by atoms with Crippen LogP contribution in [0.2, 0.25) is 0 Å². The lowest BCUT2D eigenvalue weighted by Crippen LogP contribution is -2.41. The van der Waals surface area contributed by atoms with E-state index in [0.29, 0.717) is 11.6 Å². The second kappa shape index (κ2) is 6.32. The number of aliphatic hydroxyl groups is 1. The second-order valence-electron chi connectivity index (χ2n) is 6.90. The number of fused-ring (bicyclic) bond motifs is 1. The van der Waals surface area contributed by atoms with E-state index in [1.807, 2.05) is 48.2 Å². The number of amides is 1. The quantitative estimate of drug-likeness (QED) is 0.749. The Morgan fingerprint density at radius 2 is 2.04 bits per heavy atom. The molecule has 0 saturated heterocycles. The Morgan fingerprint density at radius 1 is 1.28 bits per heavy atom. The Balaban J connectivity index is 1.66. The fraction of sp³-hybridized carbons (Fsp3) is 0.350. The van der Waals surface area contributed by atoms with E-state index in [9.17, 15) is 9.90 Å². The SMILES string of the molecule is Cc1c(C(=O)N[C@H](c2cccs2)C2CC(O)C2)n(C)c2ccccc12. The monoisotopic (exact) mass is 354 g/mol. The average molecular weight is 354 g/mol. The fourth-order valence-electron chi connectivity index (χ4n) is 3.91. The summed E-state index contributed by atoms with van der Waals surface area (Å²) < 4.78 is 1.97. The number of rotatable bonds is 4. The highest BCUT2D eigenvalue weighted by molar-refractivity contribution is 7.10. The van der Waals surface area contributed by atoms with E-state index >= 15 is 0 Å². The number of nitrogens with zero attached hydrogens (tertiary/aromatic N) is 1. The maximum atomic E-state index is 13.1. The van der Waals surface area contributed by atoms with Gasteiger partial charge in [0.05, 0.1) is 12.1 Å². The molecule has 2 aromatic heterocycles. The van der Waals surface area contributed by atoms with Crippen LogP contribution in [0.4, 0.5) is 0 Å². The number of carbonyl (C=O) groups is 1. The molecule has 1 amide bonds. The summed E-state index contributed by atoms with van der Waals surface area (Å²) in [6.45, 7) is 2.00. The molecule has 1 aliphatic rings. The van der Waals surface area contributed by atoms with Crippen LogP contribution in [0.5, 0.6) is 0 Å². The highest BCUT2D eigenvalue weighted by atomic mass is 32.1. The first-order chi connectivity index (χ1) is 12.1. The third kappa shape index (κ3) is 2.77. The minimum Gasteiger partial charge on any atom is -0.393 e. The number of aryl methyl sites for hydroxylation is 2. The molecule has 3 aromatic rings. The smallest absolute Gasteiger partial charge is 0.268 e. The van der Waals surface area contributed by atoms with Crippen molar-refractivity contribution in [2.45, 2.75) is 31.9 Å². The van der Waals surface area contributed by atoms with Gasteiger partial charge in [0.25, 0.3) is 5.91 Å². The molecule has 1 aromatic carbocycles.